The van der Waals surface area contributed by atoms with E-state index in [1.54, 1.807) is 19.4 Å². The Morgan fingerprint density at radius 1 is 1.00 bits per heavy atom. The average Bonchev–Trinajstić information content (AvgIpc) is 3.32. The van der Waals surface area contributed by atoms with Crippen molar-refractivity contribution in [1.82, 2.24) is 9.80 Å². The van der Waals surface area contributed by atoms with Crippen LogP contribution in [0.15, 0.2) is 83.5 Å². The lowest BCUT2D eigenvalue weighted by Crippen LogP contribution is -2.47. The van der Waals surface area contributed by atoms with Crippen LogP contribution in [0.5, 0.6) is 5.75 Å². The summed E-state index contributed by atoms with van der Waals surface area (Å²) in [6.45, 7) is 8.17. The average molecular weight is 481 g/mol. The second-order valence-corrected chi connectivity index (χ2v) is 9.48. The lowest BCUT2D eigenvalue weighted by molar-refractivity contribution is -0.127. The van der Waals surface area contributed by atoms with Crippen molar-refractivity contribution in [3.63, 3.8) is 0 Å². The molecular weight excluding hydrogens is 448 g/mol. The van der Waals surface area contributed by atoms with Crippen LogP contribution in [0.3, 0.4) is 0 Å². The number of carbonyl (C=O) groups excluding carboxylic acids is 1. The molecule has 0 radical (unpaired) electrons. The van der Waals surface area contributed by atoms with E-state index in [-0.39, 0.29) is 5.91 Å². The third-order valence-corrected chi connectivity index (χ3v) is 6.96. The van der Waals surface area contributed by atoms with Crippen LogP contribution in [-0.2, 0) is 11.3 Å². The standard InChI is InChI=1S/C31H32N2O3/c1-22-9-11-25(12-10-22)28-21-36-30-19-29(35-3)26(18-27(28)30)23(2)17-31(34)33-15-13-32(14-16-33)20-24-7-5-4-6-8-24/h4-12,17-19,21H,13-16,20H2,1-3H3/b23-17+. The van der Waals surface area contributed by atoms with Crippen LogP contribution in [0.4, 0.5) is 0 Å². The molecule has 3 aromatic carbocycles. The van der Waals surface area contributed by atoms with E-state index < -0.39 is 0 Å². The summed E-state index contributed by atoms with van der Waals surface area (Å²) in [4.78, 5) is 17.5. The number of allylic oxidation sites excluding steroid dienone is 1. The van der Waals surface area contributed by atoms with Gasteiger partial charge in [-0.15, -0.1) is 0 Å². The molecule has 1 saturated heterocycles. The maximum atomic E-state index is 13.2. The zero-order chi connectivity index (χ0) is 25.1. The second kappa shape index (κ2) is 10.4. The summed E-state index contributed by atoms with van der Waals surface area (Å²) in [6.07, 6.45) is 3.53. The molecule has 0 unspecified atom stereocenters. The Morgan fingerprint density at radius 2 is 1.72 bits per heavy atom. The SMILES string of the molecule is COc1cc2occ(-c3ccc(C)cc3)c2cc1/C(C)=C/C(=O)N1CCN(Cc2ccccc2)CC1. The van der Waals surface area contributed by atoms with Gasteiger partial charge in [0.05, 0.1) is 13.4 Å². The molecule has 0 aliphatic carbocycles. The number of aryl methyl sites for hydroxylation is 1. The van der Waals surface area contributed by atoms with Gasteiger partial charge in [0.15, 0.2) is 0 Å². The van der Waals surface area contributed by atoms with Crippen LogP contribution in [0, 0.1) is 6.92 Å². The summed E-state index contributed by atoms with van der Waals surface area (Å²) in [6, 6.07) is 22.9. The van der Waals surface area contributed by atoms with Crippen LogP contribution in [0.2, 0.25) is 0 Å². The Hall–Kier alpha value is -3.83. The highest BCUT2D eigenvalue weighted by atomic mass is 16.5. The van der Waals surface area contributed by atoms with E-state index in [1.165, 1.54) is 11.1 Å². The molecule has 5 heteroatoms. The molecule has 4 aromatic rings. The maximum absolute atomic E-state index is 13.2. The van der Waals surface area contributed by atoms with Gasteiger partial charge in [0.1, 0.15) is 11.3 Å². The molecule has 1 aliphatic rings. The topological polar surface area (TPSA) is 45.9 Å². The fourth-order valence-electron chi connectivity index (χ4n) is 4.81. The van der Waals surface area contributed by atoms with E-state index in [2.05, 4.69) is 66.4 Å². The van der Waals surface area contributed by atoms with Crippen LogP contribution in [0.25, 0.3) is 27.7 Å². The lowest BCUT2D eigenvalue weighted by atomic mass is 9.98. The number of piperazine rings is 1. The van der Waals surface area contributed by atoms with E-state index >= 15 is 0 Å². The highest BCUT2D eigenvalue weighted by Gasteiger charge is 2.21. The first kappa shape index (κ1) is 23.9. The van der Waals surface area contributed by atoms with Gasteiger partial charge in [-0.25, -0.2) is 0 Å². The summed E-state index contributed by atoms with van der Waals surface area (Å²) >= 11 is 0. The summed E-state index contributed by atoms with van der Waals surface area (Å²) in [5.41, 5.74) is 7.19. The molecule has 0 atom stereocenters. The van der Waals surface area contributed by atoms with Crippen LogP contribution >= 0.6 is 0 Å². The maximum Gasteiger partial charge on any atom is 0.246 e. The molecule has 2 heterocycles. The van der Waals surface area contributed by atoms with Crippen LogP contribution in [0.1, 0.15) is 23.6 Å². The first-order valence-corrected chi connectivity index (χ1v) is 12.4. The molecule has 5 nitrogen and oxygen atoms in total. The Labute approximate surface area is 212 Å². The number of hydrogen-bond donors (Lipinski definition) is 0. The quantitative estimate of drug-likeness (QED) is 0.310. The van der Waals surface area contributed by atoms with Crippen molar-refractivity contribution in [1.29, 1.82) is 0 Å². The summed E-state index contributed by atoms with van der Waals surface area (Å²) in [7, 11) is 1.65. The first-order chi connectivity index (χ1) is 17.5. The molecule has 1 aliphatic heterocycles. The van der Waals surface area contributed by atoms with Gasteiger partial charge in [-0.2, -0.15) is 0 Å². The highest BCUT2D eigenvalue weighted by molar-refractivity contribution is 6.00. The molecular formula is C31H32N2O3. The number of benzene rings is 3. The Bertz CT molecular complexity index is 1380. The number of ether oxygens (including phenoxy) is 1. The largest absolute Gasteiger partial charge is 0.496 e. The minimum atomic E-state index is 0.0416. The normalized spacial score (nSPS) is 14.9. The molecule has 0 spiro atoms. The van der Waals surface area contributed by atoms with Gasteiger partial charge in [0.25, 0.3) is 0 Å². The third kappa shape index (κ3) is 5.07. The van der Waals surface area contributed by atoms with Gasteiger partial charge in [0, 0.05) is 61.4 Å². The Morgan fingerprint density at radius 3 is 2.42 bits per heavy atom. The molecule has 1 fully saturated rings. The molecule has 0 bridgehead atoms. The van der Waals surface area contributed by atoms with E-state index in [0.29, 0.717) is 5.75 Å². The number of amides is 1. The third-order valence-electron chi connectivity index (χ3n) is 6.96. The lowest BCUT2D eigenvalue weighted by Gasteiger charge is -2.34. The van der Waals surface area contributed by atoms with E-state index in [1.807, 2.05) is 24.0 Å². The summed E-state index contributed by atoms with van der Waals surface area (Å²) in [5, 5.41) is 1.00. The summed E-state index contributed by atoms with van der Waals surface area (Å²) in [5.74, 6) is 0.737. The van der Waals surface area contributed by atoms with E-state index in [9.17, 15) is 4.79 Å². The zero-order valence-electron chi connectivity index (χ0n) is 21.2. The van der Waals surface area contributed by atoms with Gasteiger partial charge in [-0.05, 0) is 36.6 Å². The van der Waals surface area contributed by atoms with Crippen molar-refractivity contribution in [2.24, 2.45) is 0 Å². The number of fused-ring (bicyclic) bond motifs is 1. The number of furan rings is 1. The molecule has 1 amide bonds. The van der Waals surface area contributed by atoms with Gasteiger partial charge >= 0.3 is 0 Å². The predicted octanol–water partition coefficient (Wildman–Crippen LogP) is 6.16. The van der Waals surface area contributed by atoms with E-state index in [4.69, 9.17) is 9.15 Å². The van der Waals surface area contributed by atoms with Gasteiger partial charge in [-0.3, -0.25) is 9.69 Å². The van der Waals surface area contributed by atoms with Gasteiger partial charge in [0.2, 0.25) is 5.91 Å². The molecule has 0 saturated carbocycles. The van der Waals surface area contributed by atoms with Crippen molar-refractivity contribution < 1.29 is 13.9 Å². The molecule has 0 N–H and O–H groups in total. The van der Waals surface area contributed by atoms with Crippen LogP contribution < -0.4 is 4.74 Å². The number of nitrogens with zero attached hydrogens (tertiary/aromatic N) is 2. The smallest absolute Gasteiger partial charge is 0.246 e. The zero-order valence-corrected chi connectivity index (χ0v) is 21.2. The fraction of sp³-hybridized carbons (Fsp3) is 0.258. The number of rotatable bonds is 6. The molecule has 184 valence electrons. The van der Waals surface area contributed by atoms with Crippen molar-refractivity contribution >= 4 is 22.4 Å². The first-order valence-electron chi connectivity index (χ1n) is 12.4. The number of carbonyl (C=O) groups is 1. The highest BCUT2D eigenvalue weighted by Crippen LogP contribution is 2.37. The fourth-order valence-corrected chi connectivity index (χ4v) is 4.81. The van der Waals surface area contributed by atoms with Gasteiger partial charge in [-0.1, -0.05) is 60.2 Å². The minimum Gasteiger partial charge on any atom is -0.496 e. The second-order valence-electron chi connectivity index (χ2n) is 9.48. The monoisotopic (exact) mass is 480 g/mol. The Balaban J connectivity index is 1.34. The molecule has 36 heavy (non-hydrogen) atoms. The van der Waals surface area contributed by atoms with Crippen molar-refractivity contribution in [2.75, 3.05) is 33.3 Å². The minimum absolute atomic E-state index is 0.0416. The number of hydrogen-bond acceptors (Lipinski definition) is 4. The van der Waals surface area contributed by atoms with Crippen molar-refractivity contribution in [2.45, 2.75) is 20.4 Å². The van der Waals surface area contributed by atoms with Crippen molar-refractivity contribution in [3.05, 3.63) is 95.8 Å². The van der Waals surface area contributed by atoms with E-state index in [0.717, 1.165) is 66.0 Å². The Kier molecular flexibility index (Phi) is 6.92. The van der Waals surface area contributed by atoms with Crippen molar-refractivity contribution in [3.8, 4) is 16.9 Å². The molecule has 1 aromatic heterocycles. The van der Waals surface area contributed by atoms with Gasteiger partial charge < -0.3 is 14.1 Å². The predicted molar refractivity (Wildman–Crippen MR) is 145 cm³/mol. The summed E-state index contributed by atoms with van der Waals surface area (Å²) < 4.78 is 11.5. The van der Waals surface area contributed by atoms with Crippen LogP contribution in [-0.4, -0.2) is 49.0 Å². The molecule has 5 rings (SSSR count). The number of methoxy groups -OCH3 is 1.